The molecule has 0 radical (unpaired) electrons. The predicted octanol–water partition coefficient (Wildman–Crippen LogP) is 4.11. The molecule has 5 heteroatoms. The Bertz CT molecular complexity index is 851. The van der Waals surface area contributed by atoms with Crippen molar-refractivity contribution in [2.45, 2.75) is 58.8 Å². The summed E-state index contributed by atoms with van der Waals surface area (Å²) in [4.78, 5) is 31.8. The van der Waals surface area contributed by atoms with Gasteiger partial charge in [-0.25, -0.2) is 4.98 Å². The summed E-state index contributed by atoms with van der Waals surface area (Å²) in [5.41, 5.74) is 9.95. The van der Waals surface area contributed by atoms with Gasteiger partial charge in [0, 0.05) is 12.0 Å². The van der Waals surface area contributed by atoms with Gasteiger partial charge in [-0.15, -0.1) is 0 Å². The number of nitrogens with zero attached hydrogens (tertiary/aromatic N) is 2. The van der Waals surface area contributed by atoms with Crippen LogP contribution in [0.25, 0.3) is 11.3 Å². The lowest BCUT2D eigenvalue weighted by molar-refractivity contribution is -0.118. The SMILES string of the molecule is CC(=O)CC1CCC(c2ccc(-c3nc(C(N)=O)c(C)nc3C)cc2)CC1. The molecule has 1 saturated carbocycles. The summed E-state index contributed by atoms with van der Waals surface area (Å²) >= 11 is 0. The predicted molar refractivity (Wildman–Crippen MR) is 105 cm³/mol. The summed E-state index contributed by atoms with van der Waals surface area (Å²) in [6, 6.07) is 8.40. The average Bonchev–Trinajstić information content (AvgIpc) is 2.62. The van der Waals surface area contributed by atoms with Gasteiger partial charge in [0.05, 0.1) is 17.1 Å². The third-order valence-electron chi connectivity index (χ3n) is 5.56. The third kappa shape index (κ3) is 4.41. The van der Waals surface area contributed by atoms with E-state index in [4.69, 9.17) is 5.73 Å². The third-order valence-corrected chi connectivity index (χ3v) is 5.56. The number of amides is 1. The van der Waals surface area contributed by atoms with Gasteiger partial charge in [0.25, 0.3) is 5.91 Å². The Kier molecular flexibility index (Phi) is 5.68. The zero-order valence-electron chi connectivity index (χ0n) is 16.3. The Labute approximate surface area is 160 Å². The van der Waals surface area contributed by atoms with Gasteiger partial charge in [-0.3, -0.25) is 9.78 Å². The molecule has 1 heterocycles. The Morgan fingerprint density at radius 1 is 1.00 bits per heavy atom. The normalized spacial score (nSPS) is 19.7. The molecular weight excluding hydrogens is 338 g/mol. The average molecular weight is 365 g/mol. The fourth-order valence-electron chi connectivity index (χ4n) is 4.16. The minimum Gasteiger partial charge on any atom is -0.364 e. The summed E-state index contributed by atoms with van der Waals surface area (Å²) in [7, 11) is 0. The van der Waals surface area contributed by atoms with E-state index in [0.29, 0.717) is 29.0 Å². The first kappa shape index (κ1) is 19.2. The number of aromatic nitrogens is 2. The van der Waals surface area contributed by atoms with Crippen LogP contribution in [-0.2, 0) is 4.79 Å². The van der Waals surface area contributed by atoms with Gasteiger partial charge in [-0.1, -0.05) is 24.3 Å². The van der Waals surface area contributed by atoms with Crippen LogP contribution in [0.1, 0.15) is 72.4 Å². The van der Waals surface area contributed by atoms with E-state index in [9.17, 15) is 9.59 Å². The van der Waals surface area contributed by atoms with E-state index in [1.807, 2.05) is 19.1 Å². The maximum Gasteiger partial charge on any atom is 0.269 e. The Balaban J connectivity index is 1.76. The first-order valence-electron chi connectivity index (χ1n) is 9.60. The Morgan fingerprint density at radius 3 is 2.19 bits per heavy atom. The fraction of sp³-hybridized carbons (Fsp3) is 0.455. The van der Waals surface area contributed by atoms with E-state index < -0.39 is 5.91 Å². The van der Waals surface area contributed by atoms with Gasteiger partial charge in [-0.05, 0) is 63.9 Å². The van der Waals surface area contributed by atoms with Crippen molar-refractivity contribution < 1.29 is 9.59 Å². The van der Waals surface area contributed by atoms with Gasteiger partial charge in [0.15, 0.2) is 0 Å². The lowest BCUT2D eigenvalue weighted by Gasteiger charge is -2.28. The van der Waals surface area contributed by atoms with Gasteiger partial charge < -0.3 is 10.5 Å². The molecule has 5 nitrogen and oxygen atoms in total. The number of Topliss-reactive ketones (excluding diaryl/α,β-unsaturated/α-hetero) is 1. The number of hydrogen-bond acceptors (Lipinski definition) is 4. The quantitative estimate of drug-likeness (QED) is 0.864. The number of ketones is 1. The molecule has 1 aliphatic rings. The van der Waals surface area contributed by atoms with Crippen LogP contribution in [0.15, 0.2) is 24.3 Å². The van der Waals surface area contributed by atoms with Crippen molar-refractivity contribution in [2.75, 3.05) is 0 Å². The van der Waals surface area contributed by atoms with Crippen molar-refractivity contribution in [1.29, 1.82) is 0 Å². The van der Waals surface area contributed by atoms with Crippen molar-refractivity contribution in [3.05, 3.63) is 46.9 Å². The molecule has 0 spiro atoms. The summed E-state index contributed by atoms with van der Waals surface area (Å²) < 4.78 is 0. The zero-order valence-corrected chi connectivity index (χ0v) is 16.3. The van der Waals surface area contributed by atoms with E-state index in [1.165, 1.54) is 5.56 Å². The van der Waals surface area contributed by atoms with Crippen molar-refractivity contribution >= 4 is 11.7 Å². The molecule has 1 amide bonds. The standard InChI is InChI=1S/C22H27N3O2/c1-13(26)12-16-4-6-17(7-5-16)18-8-10-19(11-9-18)20-14(2)24-15(3)21(25-20)22(23)27/h8-11,16-17H,4-7,12H2,1-3H3,(H2,23,27). The molecule has 27 heavy (non-hydrogen) atoms. The summed E-state index contributed by atoms with van der Waals surface area (Å²) in [5.74, 6) is 0.845. The zero-order chi connectivity index (χ0) is 19.6. The molecule has 1 aromatic heterocycles. The van der Waals surface area contributed by atoms with Gasteiger partial charge in [-0.2, -0.15) is 0 Å². The largest absolute Gasteiger partial charge is 0.364 e. The van der Waals surface area contributed by atoms with Crippen LogP contribution in [-0.4, -0.2) is 21.7 Å². The van der Waals surface area contributed by atoms with Gasteiger partial charge in [0.2, 0.25) is 0 Å². The second kappa shape index (κ2) is 7.99. The van der Waals surface area contributed by atoms with Crippen LogP contribution < -0.4 is 5.73 Å². The molecule has 1 fully saturated rings. The van der Waals surface area contributed by atoms with Crippen LogP contribution in [0.2, 0.25) is 0 Å². The monoisotopic (exact) mass is 365 g/mol. The first-order valence-corrected chi connectivity index (χ1v) is 9.60. The van der Waals surface area contributed by atoms with Crippen LogP contribution in [0.4, 0.5) is 0 Å². The fourth-order valence-corrected chi connectivity index (χ4v) is 4.16. The van der Waals surface area contributed by atoms with Crippen molar-refractivity contribution in [3.8, 4) is 11.3 Å². The summed E-state index contributed by atoms with van der Waals surface area (Å²) in [5, 5.41) is 0. The maximum absolute atomic E-state index is 11.6. The number of carbonyl (C=O) groups excluding carboxylic acids is 2. The summed E-state index contributed by atoms with van der Waals surface area (Å²) in [6.45, 7) is 5.32. The highest BCUT2D eigenvalue weighted by Gasteiger charge is 2.23. The molecular formula is C22H27N3O2. The van der Waals surface area contributed by atoms with Gasteiger partial charge >= 0.3 is 0 Å². The van der Waals surface area contributed by atoms with E-state index >= 15 is 0 Å². The smallest absolute Gasteiger partial charge is 0.269 e. The molecule has 1 aliphatic carbocycles. The number of nitrogens with two attached hydrogens (primary N) is 1. The molecule has 2 N–H and O–H groups in total. The molecule has 0 saturated heterocycles. The van der Waals surface area contributed by atoms with E-state index in [-0.39, 0.29) is 5.69 Å². The van der Waals surface area contributed by atoms with Crippen molar-refractivity contribution in [1.82, 2.24) is 9.97 Å². The number of hydrogen-bond donors (Lipinski definition) is 1. The van der Waals surface area contributed by atoms with Crippen molar-refractivity contribution in [2.24, 2.45) is 11.7 Å². The van der Waals surface area contributed by atoms with Crippen LogP contribution >= 0.6 is 0 Å². The highest BCUT2D eigenvalue weighted by molar-refractivity contribution is 5.92. The lowest BCUT2D eigenvalue weighted by atomic mass is 9.77. The second-order valence-corrected chi connectivity index (χ2v) is 7.70. The first-order chi connectivity index (χ1) is 12.8. The highest BCUT2D eigenvalue weighted by Crippen LogP contribution is 2.37. The van der Waals surface area contributed by atoms with Gasteiger partial charge in [0.1, 0.15) is 11.5 Å². The minimum absolute atomic E-state index is 0.225. The molecule has 0 unspecified atom stereocenters. The topological polar surface area (TPSA) is 85.9 Å². The molecule has 0 bridgehead atoms. The number of primary amides is 1. The van der Waals surface area contributed by atoms with Crippen LogP contribution in [0.3, 0.4) is 0 Å². The highest BCUT2D eigenvalue weighted by atomic mass is 16.1. The number of aryl methyl sites for hydroxylation is 2. The molecule has 0 aliphatic heterocycles. The maximum atomic E-state index is 11.6. The number of benzene rings is 1. The van der Waals surface area contributed by atoms with E-state index in [0.717, 1.165) is 43.4 Å². The number of rotatable bonds is 5. The van der Waals surface area contributed by atoms with Crippen LogP contribution in [0, 0.1) is 19.8 Å². The number of carbonyl (C=O) groups is 2. The van der Waals surface area contributed by atoms with E-state index in [2.05, 4.69) is 22.1 Å². The Hall–Kier alpha value is -2.56. The second-order valence-electron chi connectivity index (χ2n) is 7.70. The summed E-state index contributed by atoms with van der Waals surface area (Å²) in [6.07, 6.45) is 5.23. The van der Waals surface area contributed by atoms with Crippen LogP contribution in [0.5, 0.6) is 0 Å². The molecule has 0 atom stereocenters. The molecule has 1 aromatic carbocycles. The lowest BCUT2D eigenvalue weighted by Crippen LogP contribution is -2.17. The van der Waals surface area contributed by atoms with E-state index in [1.54, 1.807) is 13.8 Å². The van der Waals surface area contributed by atoms with Crippen molar-refractivity contribution in [3.63, 3.8) is 0 Å². The minimum atomic E-state index is -0.555. The molecule has 142 valence electrons. The molecule has 3 rings (SSSR count). The molecule has 2 aromatic rings. The Morgan fingerprint density at radius 2 is 1.63 bits per heavy atom.